The van der Waals surface area contributed by atoms with Gasteiger partial charge >= 0.3 is 0 Å². The van der Waals surface area contributed by atoms with E-state index in [4.69, 9.17) is 0 Å². The van der Waals surface area contributed by atoms with Crippen LogP contribution in [0.25, 0.3) is 10.9 Å². The van der Waals surface area contributed by atoms with Gasteiger partial charge < -0.3 is 15.6 Å². The largest absolute Gasteiger partial charge is 0.370 e. The van der Waals surface area contributed by atoms with Gasteiger partial charge in [-0.1, -0.05) is 35.9 Å². The Bertz CT molecular complexity index is 1080. The molecule has 0 fully saturated rings. The number of benzene rings is 2. The number of amides is 1. The molecule has 5 nitrogen and oxygen atoms in total. The van der Waals surface area contributed by atoms with E-state index < -0.39 is 0 Å². The molecule has 2 aromatic heterocycles. The molecule has 4 rings (SSSR count). The molecule has 3 N–H and O–H groups in total. The van der Waals surface area contributed by atoms with Gasteiger partial charge in [0.15, 0.2) is 0 Å². The summed E-state index contributed by atoms with van der Waals surface area (Å²) >= 11 is 0. The number of hydrogen-bond donors (Lipinski definition) is 3. The zero-order chi connectivity index (χ0) is 19.3. The molecule has 2 aromatic carbocycles. The van der Waals surface area contributed by atoms with Gasteiger partial charge in [0.1, 0.15) is 5.82 Å². The van der Waals surface area contributed by atoms with E-state index in [1.165, 1.54) is 10.9 Å². The molecule has 0 spiro atoms. The van der Waals surface area contributed by atoms with Crippen molar-refractivity contribution in [2.24, 2.45) is 0 Å². The number of aromatic amines is 1. The molecular weight excluding hydrogens is 348 g/mol. The first-order valence-electron chi connectivity index (χ1n) is 9.32. The minimum Gasteiger partial charge on any atom is -0.370 e. The Labute approximate surface area is 163 Å². The van der Waals surface area contributed by atoms with Gasteiger partial charge in [0.25, 0.3) is 5.91 Å². The van der Waals surface area contributed by atoms with E-state index in [2.05, 4.69) is 45.0 Å². The van der Waals surface area contributed by atoms with Crippen molar-refractivity contribution in [2.45, 2.75) is 13.3 Å². The Hall–Kier alpha value is -3.60. The van der Waals surface area contributed by atoms with Crippen molar-refractivity contribution in [3.63, 3.8) is 0 Å². The normalized spacial score (nSPS) is 10.8. The Kier molecular flexibility index (Phi) is 5.06. The maximum atomic E-state index is 12.3. The summed E-state index contributed by atoms with van der Waals surface area (Å²) in [5.74, 6) is 0.591. The molecule has 2 heterocycles. The van der Waals surface area contributed by atoms with E-state index in [0.717, 1.165) is 35.6 Å². The van der Waals surface area contributed by atoms with Crippen LogP contribution in [-0.4, -0.2) is 22.4 Å². The summed E-state index contributed by atoms with van der Waals surface area (Å²) < 4.78 is 0. The van der Waals surface area contributed by atoms with E-state index in [0.29, 0.717) is 5.56 Å². The molecule has 0 unspecified atom stereocenters. The average Bonchev–Trinajstić information content (AvgIpc) is 3.13. The van der Waals surface area contributed by atoms with Crippen molar-refractivity contribution in [2.75, 3.05) is 17.2 Å². The third-order valence-electron chi connectivity index (χ3n) is 4.71. The number of H-pyrrole nitrogens is 1. The third kappa shape index (κ3) is 4.04. The third-order valence-corrected chi connectivity index (χ3v) is 4.71. The SMILES string of the molecule is Cc1ccc(NC(=O)c2ccc(NCCc3c[nH]c4ccccc34)nc2)cc1. The van der Waals surface area contributed by atoms with Gasteiger partial charge in [0.05, 0.1) is 5.56 Å². The maximum Gasteiger partial charge on any atom is 0.257 e. The summed E-state index contributed by atoms with van der Waals surface area (Å²) in [6, 6.07) is 19.6. The number of hydrogen-bond acceptors (Lipinski definition) is 3. The molecule has 140 valence electrons. The van der Waals surface area contributed by atoms with Crippen LogP contribution in [0, 0.1) is 6.92 Å². The quantitative estimate of drug-likeness (QED) is 0.457. The number of nitrogens with zero attached hydrogens (tertiary/aromatic N) is 1. The topological polar surface area (TPSA) is 69.8 Å². The van der Waals surface area contributed by atoms with E-state index in [1.54, 1.807) is 12.3 Å². The smallest absolute Gasteiger partial charge is 0.257 e. The van der Waals surface area contributed by atoms with Crippen LogP contribution >= 0.6 is 0 Å². The monoisotopic (exact) mass is 370 g/mol. The number of rotatable bonds is 6. The van der Waals surface area contributed by atoms with Crippen LogP contribution in [0.2, 0.25) is 0 Å². The van der Waals surface area contributed by atoms with Crippen LogP contribution in [0.1, 0.15) is 21.5 Å². The van der Waals surface area contributed by atoms with Gasteiger partial charge in [-0.05, 0) is 49.2 Å². The fourth-order valence-corrected chi connectivity index (χ4v) is 3.14. The lowest BCUT2D eigenvalue weighted by atomic mass is 10.1. The first kappa shape index (κ1) is 17.8. The first-order chi connectivity index (χ1) is 13.7. The second-order valence-corrected chi connectivity index (χ2v) is 6.79. The highest BCUT2D eigenvalue weighted by atomic mass is 16.1. The molecule has 28 heavy (non-hydrogen) atoms. The zero-order valence-corrected chi connectivity index (χ0v) is 15.7. The lowest BCUT2D eigenvalue weighted by Gasteiger charge is -2.08. The standard InChI is InChI=1S/C23H22N4O/c1-16-6-9-19(10-7-16)27-23(28)18-8-11-22(26-15-18)24-13-12-17-14-25-21-5-3-2-4-20(17)21/h2-11,14-15,25H,12-13H2,1H3,(H,24,26)(H,27,28). The van der Waals surface area contributed by atoms with Crippen LogP contribution in [0.15, 0.2) is 73.1 Å². The highest BCUT2D eigenvalue weighted by Gasteiger charge is 2.07. The van der Waals surface area contributed by atoms with Gasteiger partial charge in [-0.3, -0.25) is 4.79 Å². The van der Waals surface area contributed by atoms with Gasteiger partial charge in [-0.15, -0.1) is 0 Å². The minimum absolute atomic E-state index is 0.165. The van der Waals surface area contributed by atoms with Crippen molar-refractivity contribution in [3.05, 3.63) is 89.7 Å². The number of nitrogens with one attached hydrogen (secondary N) is 3. The number of aromatic nitrogens is 2. The molecule has 0 saturated carbocycles. The van der Waals surface area contributed by atoms with E-state index in [9.17, 15) is 4.79 Å². The maximum absolute atomic E-state index is 12.3. The summed E-state index contributed by atoms with van der Waals surface area (Å²) in [5.41, 5.74) is 4.89. The van der Waals surface area contributed by atoms with Crippen molar-refractivity contribution in [3.8, 4) is 0 Å². The second-order valence-electron chi connectivity index (χ2n) is 6.79. The molecule has 0 saturated heterocycles. The average molecular weight is 370 g/mol. The van der Waals surface area contributed by atoms with Crippen molar-refractivity contribution in [1.82, 2.24) is 9.97 Å². The minimum atomic E-state index is -0.165. The summed E-state index contributed by atoms with van der Waals surface area (Å²) in [7, 11) is 0. The van der Waals surface area contributed by atoms with E-state index >= 15 is 0 Å². The number of anilines is 2. The zero-order valence-electron chi connectivity index (χ0n) is 15.7. The fraction of sp³-hybridized carbons (Fsp3) is 0.130. The lowest BCUT2D eigenvalue weighted by molar-refractivity contribution is 0.102. The summed E-state index contributed by atoms with van der Waals surface area (Å²) in [4.78, 5) is 20.0. The van der Waals surface area contributed by atoms with Crippen molar-refractivity contribution in [1.29, 1.82) is 0 Å². The van der Waals surface area contributed by atoms with E-state index in [1.807, 2.05) is 43.3 Å². The Morgan fingerprint density at radius 2 is 1.86 bits per heavy atom. The van der Waals surface area contributed by atoms with Crippen LogP contribution in [0.4, 0.5) is 11.5 Å². The molecular formula is C23H22N4O. The van der Waals surface area contributed by atoms with Gasteiger partial charge in [-0.25, -0.2) is 4.98 Å². The molecule has 1 amide bonds. The van der Waals surface area contributed by atoms with Gasteiger partial charge in [-0.2, -0.15) is 0 Å². The second kappa shape index (κ2) is 7.96. The Morgan fingerprint density at radius 1 is 1.04 bits per heavy atom. The molecule has 4 aromatic rings. The number of para-hydroxylation sites is 1. The number of carbonyl (C=O) groups is 1. The number of aryl methyl sites for hydroxylation is 1. The Balaban J connectivity index is 1.33. The predicted octanol–water partition coefficient (Wildman–Crippen LogP) is 4.78. The van der Waals surface area contributed by atoms with Crippen molar-refractivity contribution >= 4 is 28.3 Å². The number of fused-ring (bicyclic) bond motifs is 1. The molecule has 0 bridgehead atoms. The van der Waals surface area contributed by atoms with Crippen LogP contribution in [0.3, 0.4) is 0 Å². The van der Waals surface area contributed by atoms with Crippen LogP contribution < -0.4 is 10.6 Å². The summed E-state index contributed by atoms with van der Waals surface area (Å²) in [6.07, 6.45) is 4.54. The van der Waals surface area contributed by atoms with Crippen LogP contribution in [-0.2, 0) is 6.42 Å². The number of pyridine rings is 1. The number of carbonyl (C=O) groups excluding carboxylic acids is 1. The molecule has 0 aliphatic heterocycles. The first-order valence-corrected chi connectivity index (χ1v) is 9.32. The fourth-order valence-electron chi connectivity index (χ4n) is 3.14. The molecule has 0 aliphatic carbocycles. The lowest BCUT2D eigenvalue weighted by Crippen LogP contribution is -2.13. The molecule has 0 aliphatic rings. The Morgan fingerprint density at radius 3 is 2.64 bits per heavy atom. The predicted molar refractivity (Wildman–Crippen MR) is 114 cm³/mol. The summed E-state index contributed by atoms with van der Waals surface area (Å²) in [6.45, 7) is 2.78. The van der Waals surface area contributed by atoms with Gasteiger partial charge in [0.2, 0.25) is 0 Å². The summed E-state index contributed by atoms with van der Waals surface area (Å²) in [5, 5.41) is 7.44. The highest BCUT2D eigenvalue weighted by Crippen LogP contribution is 2.18. The molecule has 5 heteroatoms. The van der Waals surface area contributed by atoms with Crippen LogP contribution in [0.5, 0.6) is 0 Å². The molecule has 0 atom stereocenters. The van der Waals surface area contributed by atoms with Crippen molar-refractivity contribution < 1.29 is 4.79 Å². The van der Waals surface area contributed by atoms with E-state index in [-0.39, 0.29) is 5.91 Å². The van der Waals surface area contributed by atoms with Gasteiger partial charge in [0, 0.05) is 35.5 Å². The molecule has 0 radical (unpaired) electrons. The highest BCUT2D eigenvalue weighted by molar-refractivity contribution is 6.04.